The number of nitrogens with one attached hydrogen (secondary N) is 3. The molecular weight excluding hydrogens is 344 g/mol. The zero-order chi connectivity index (χ0) is 19.6. The van der Waals surface area contributed by atoms with E-state index in [1.54, 1.807) is 6.20 Å². The molecule has 2 atom stereocenters. The summed E-state index contributed by atoms with van der Waals surface area (Å²) in [5, 5.41) is 5.51. The van der Waals surface area contributed by atoms with Crippen molar-refractivity contribution in [2.24, 2.45) is 5.92 Å². The smallest absolute Gasteiger partial charge is 0.243 e. The molecule has 2 rings (SSSR count). The fourth-order valence-corrected chi connectivity index (χ4v) is 2.73. The van der Waals surface area contributed by atoms with Gasteiger partial charge in [-0.2, -0.15) is 0 Å². The van der Waals surface area contributed by atoms with Crippen molar-refractivity contribution in [2.75, 3.05) is 0 Å². The van der Waals surface area contributed by atoms with Gasteiger partial charge in [0.05, 0.1) is 12.4 Å². The highest BCUT2D eigenvalue weighted by atomic mass is 16.2. The molecule has 144 valence electrons. The third-order valence-corrected chi connectivity index (χ3v) is 4.01. The van der Waals surface area contributed by atoms with Crippen LogP contribution in [-0.2, 0) is 27.2 Å². The predicted octanol–water partition coefficient (Wildman–Crippen LogP) is 1.41. The van der Waals surface area contributed by atoms with Gasteiger partial charge in [-0.05, 0) is 11.5 Å². The minimum Gasteiger partial charge on any atom is -0.348 e. The number of nitrogens with zero attached hydrogens (tertiary/aromatic N) is 1. The monoisotopic (exact) mass is 370 g/mol. The molecule has 0 saturated carbocycles. The van der Waals surface area contributed by atoms with Gasteiger partial charge in [-0.15, -0.1) is 0 Å². The van der Waals surface area contributed by atoms with Crippen molar-refractivity contribution in [3.05, 3.63) is 54.1 Å². The molecule has 0 radical (unpaired) electrons. The largest absolute Gasteiger partial charge is 0.348 e. The first-order chi connectivity index (χ1) is 13.0. The van der Waals surface area contributed by atoms with Crippen LogP contribution in [0.5, 0.6) is 0 Å². The lowest BCUT2D eigenvalue weighted by atomic mass is 10.0. The Kier molecular flexibility index (Phi) is 7.73. The topological polar surface area (TPSA) is 104 Å². The minimum absolute atomic E-state index is 0.183. The maximum Gasteiger partial charge on any atom is 0.243 e. The molecule has 7 heteroatoms. The van der Waals surface area contributed by atoms with Crippen LogP contribution in [0.1, 0.15) is 31.5 Å². The van der Waals surface area contributed by atoms with Gasteiger partial charge >= 0.3 is 0 Å². The van der Waals surface area contributed by atoms with Gasteiger partial charge in [0.2, 0.25) is 11.8 Å². The highest BCUT2D eigenvalue weighted by Crippen LogP contribution is 2.06. The van der Waals surface area contributed by atoms with E-state index in [4.69, 9.17) is 0 Å². The summed E-state index contributed by atoms with van der Waals surface area (Å²) in [5.74, 6) is -0.376. The molecule has 1 aromatic heterocycles. The van der Waals surface area contributed by atoms with E-state index in [1.165, 1.54) is 6.33 Å². The lowest BCUT2D eigenvalue weighted by molar-refractivity contribution is -0.130. The summed E-state index contributed by atoms with van der Waals surface area (Å²) in [4.78, 5) is 43.1. The standard InChI is InChI=1S/C20H26N4O3/c1-14(2)8-19(26)24-18(9-15-6-4-3-5-7-15)20(27)23-17(12-25)10-16-11-21-13-22-16/h3-7,11-14,17-18H,8-10H2,1-2H3,(H,21,22)(H,23,27)(H,24,26)/t17-,18-/m0/s1. The number of imidazole rings is 1. The van der Waals surface area contributed by atoms with E-state index in [1.807, 2.05) is 44.2 Å². The lowest BCUT2D eigenvalue weighted by Crippen LogP contribution is -2.51. The molecule has 2 aromatic rings. The van der Waals surface area contributed by atoms with Crippen molar-refractivity contribution < 1.29 is 14.4 Å². The molecule has 1 aromatic carbocycles. The molecule has 0 saturated heterocycles. The Morgan fingerprint density at radius 2 is 1.89 bits per heavy atom. The average Bonchev–Trinajstić information content (AvgIpc) is 3.13. The van der Waals surface area contributed by atoms with Gasteiger partial charge in [-0.25, -0.2) is 4.98 Å². The van der Waals surface area contributed by atoms with E-state index in [2.05, 4.69) is 20.6 Å². The first kappa shape index (κ1) is 20.4. The molecular formula is C20H26N4O3. The quantitative estimate of drug-likeness (QED) is 0.550. The van der Waals surface area contributed by atoms with Crippen molar-refractivity contribution in [1.29, 1.82) is 0 Å². The van der Waals surface area contributed by atoms with Crippen molar-refractivity contribution in [1.82, 2.24) is 20.6 Å². The fourth-order valence-electron chi connectivity index (χ4n) is 2.73. The number of rotatable bonds is 10. The predicted molar refractivity (Wildman–Crippen MR) is 102 cm³/mol. The maximum atomic E-state index is 12.8. The number of hydrogen-bond acceptors (Lipinski definition) is 4. The summed E-state index contributed by atoms with van der Waals surface area (Å²) in [6.07, 6.45) is 4.81. The molecule has 1 heterocycles. The molecule has 27 heavy (non-hydrogen) atoms. The highest BCUT2D eigenvalue weighted by Gasteiger charge is 2.24. The van der Waals surface area contributed by atoms with Crippen LogP contribution in [0.15, 0.2) is 42.9 Å². The van der Waals surface area contributed by atoms with E-state index in [0.717, 1.165) is 11.3 Å². The van der Waals surface area contributed by atoms with E-state index >= 15 is 0 Å². The van der Waals surface area contributed by atoms with Crippen LogP contribution < -0.4 is 10.6 Å². The number of benzene rings is 1. The zero-order valence-corrected chi connectivity index (χ0v) is 15.6. The Morgan fingerprint density at radius 1 is 1.15 bits per heavy atom. The number of aldehydes is 1. The van der Waals surface area contributed by atoms with Gasteiger partial charge in [0.25, 0.3) is 0 Å². The van der Waals surface area contributed by atoms with E-state index < -0.39 is 12.1 Å². The molecule has 0 unspecified atom stereocenters. The van der Waals surface area contributed by atoms with Crippen LogP contribution in [0.2, 0.25) is 0 Å². The average molecular weight is 370 g/mol. The van der Waals surface area contributed by atoms with Crippen molar-refractivity contribution in [3.8, 4) is 0 Å². The van der Waals surface area contributed by atoms with Crippen LogP contribution in [0.25, 0.3) is 0 Å². The molecule has 0 bridgehead atoms. The second-order valence-corrected chi connectivity index (χ2v) is 6.94. The fraction of sp³-hybridized carbons (Fsp3) is 0.400. The van der Waals surface area contributed by atoms with Gasteiger partial charge in [0.1, 0.15) is 12.3 Å². The molecule has 0 aliphatic rings. The summed E-state index contributed by atoms with van der Waals surface area (Å²) in [6.45, 7) is 3.89. The summed E-state index contributed by atoms with van der Waals surface area (Å²) in [5.41, 5.74) is 1.68. The third kappa shape index (κ3) is 7.05. The zero-order valence-electron chi connectivity index (χ0n) is 15.6. The molecule has 2 amide bonds. The molecule has 3 N–H and O–H groups in total. The molecule has 7 nitrogen and oxygen atoms in total. The van der Waals surface area contributed by atoms with Crippen molar-refractivity contribution in [3.63, 3.8) is 0 Å². The molecule has 0 aliphatic heterocycles. The van der Waals surface area contributed by atoms with Crippen LogP contribution in [0.3, 0.4) is 0 Å². The summed E-state index contributed by atoms with van der Waals surface area (Å²) >= 11 is 0. The van der Waals surface area contributed by atoms with E-state index in [0.29, 0.717) is 25.5 Å². The van der Waals surface area contributed by atoms with Crippen LogP contribution in [0, 0.1) is 5.92 Å². The lowest BCUT2D eigenvalue weighted by Gasteiger charge is -2.21. The van der Waals surface area contributed by atoms with Gasteiger partial charge in [-0.1, -0.05) is 44.2 Å². The first-order valence-corrected chi connectivity index (χ1v) is 9.04. The number of aromatic nitrogens is 2. The number of carbonyl (C=O) groups excluding carboxylic acids is 3. The van der Waals surface area contributed by atoms with Crippen molar-refractivity contribution >= 4 is 18.1 Å². The number of carbonyl (C=O) groups is 3. The number of aromatic amines is 1. The van der Waals surface area contributed by atoms with Crippen LogP contribution >= 0.6 is 0 Å². The third-order valence-electron chi connectivity index (χ3n) is 4.01. The van der Waals surface area contributed by atoms with Gasteiger partial charge in [-0.3, -0.25) is 9.59 Å². The Hall–Kier alpha value is -2.96. The maximum absolute atomic E-state index is 12.8. The Labute approximate surface area is 159 Å². The first-order valence-electron chi connectivity index (χ1n) is 9.04. The summed E-state index contributed by atoms with van der Waals surface area (Å²) in [7, 11) is 0. The molecule has 0 aliphatic carbocycles. The minimum atomic E-state index is -0.747. The van der Waals surface area contributed by atoms with E-state index in [-0.39, 0.29) is 17.7 Å². The number of H-pyrrole nitrogens is 1. The number of amides is 2. The van der Waals surface area contributed by atoms with Crippen LogP contribution in [-0.4, -0.2) is 40.2 Å². The Morgan fingerprint density at radius 3 is 2.48 bits per heavy atom. The Bertz CT molecular complexity index is 729. The van der Waals surface area contributed by atoms with Crippen molar-refractivity contribution in [2.45, 2.75) is 45.2 Å². The molecule has 0 fully saturated rings. The molecule has 0 spiro atoms. The summed E-state index contributed by atoms with van der Waals surface area (Å²) in [6, 6.07) is 8.01. The van der Waals surface area contributed by atoms with Crippen LogP contribution in [0.4, 0.5) is 0 Å². The van der Waals surface area contributed by atoms with E-state index in [9.17, 15) is 14.4 Å². The second-order valence-electron chi connectivity index (χ2n) is 6.94. The normalized spacial score (nSPS) is 13.0. The summed E-state index contributed by atoms with van der Waals surface area (Å²) < 4.78 is 0. The second kappa shape index (κ2) is 10.3. The Balaban J connectivity index is 2.06. The highest BCUT2D eigenvalue weighted by molar-refractivity contribution is 5.89. The van der Waals surface area contributed by atoms with Gasteiger partial charge in [0, 0.05) is 31.2 Å². The van der Waals surface area contributed by atoms with Gasteiger partial charge in [0.15, 0.2) is 0 Å². The van der Waals surface area contributed by atoms with Gasteiger partial charge < -0.3 is 20.4 Å². The number of hydrogen-bond donors (Lipinski definition) is 3. The SMILES string of the molecule is CC(C)CC(=O)N[C@@H](Cc1ccccc1)C(=O)N[C@H](C=O)Cc1cnc[nH]1.